The van der Waals surface area contributed by atoms with Gasteiger partial charge in [0.1, 0.15) is 0 Å². The zero-order valence-electron chi connectivity index (χ0n) is 7.91. The van der Waals surface area contributed by atoms with Gasteiger partial charge in [-0.25, -0.2) is 0 Å². The number of nitrogens with one attached hydrogen (secondary N) is 1. The number of amides is 1. The lowest BCUT2D eigenvalue weighted by molar-refractivity contribution is -0.138. The molecule has 0 aromatic carbocycles. The lowest BCUT2D eigenvalue weighted by atomic mass is 10.00. The van der Waals surface area contributed by atoms with Crippen LogP contribution >= 0.6 is 0 Å². The molecule has 0 aliphatic carbocycles. The van der Waals surface area contributed by atoms with Gasteiger partial charge >= 0.3 is 5.97 Å². The van der Waals surface area contributed by atoms with Crippen molar-refractivity contribution in [1.29, 1.82) is 0 Å². The Kier molecular flexibility index (Phi) is 4.80. The first-order valence-electron chi connectivity index (χ1n) is 4.12. The molecule has 2 atom stereocenters. The summed E-state index contributed by atoms with van der Waals surface area (Å²) in [5, 5.41) is 11.1. The normalized spacial score (nSPS) is 14.3. The van der Waals surface area contributed by atoms with Crippen LogP contribution in [0.25, 0.3) is 0 Å². The Balaban J connectivity index is 3.95. The molecule has 74 valence electrons. The second kappa shape index (κ2) is 5.35. The van der Waals surface area contributed by atoms with Gasteiger partial charge in [-0.15, -0.1) is 0 Å². The molecule has 0 rings (SSSR count). The minimum atomic E-state index is -0.854. The molecule has 0 aliphatic heterocycles. The van der Waals surface area contributed by atoms with Gasteiger partial charge in [0.2, 0.25) is 5.91 Å². The molecule has 0 heterocycles. The summed E-state index contributed by atoms with van der Waals surface area (Å²) < 4.78 is 0. The smallest absolute Gasteiger partial charge is 0.303 e. The molecule has 0 spiro atoms. The van der Waals surface area contributed by atoms with Gasteiger partial charge in [0.25, 0.3) is 0 Å². The summed E-state index contributed by atoms with van der Waals surface area (Å²) in [6.45, 7) is 6.86. The number of carboxylic acid groups (broad SMARTS) is 1. The predicted octanol–water partition coefficient (Wildman–Crippen LogP) is 0.788. The van der Waals surface area contributed by atoms with Gasteiger partial charge in [-0.05, 0) is 18.9 Å². The van der Waals surface area contributed by atoms with E-state index in [0.717, 1.165) is 0 Å². The SMILES string of the molecule is C=CC(=O)NC(C)C(C)CC(=O)O. The van der Waals surface area contributed by atoms with Crippen LogP contribution in [0.2, 0.25) is 0 Å². The van der Waals surface area contributed by atoms with Crippen molar-refractivity contribution in [2.75, 3.05) is 0 Å². The highest BCUT2D eigenvalue weighted by Gasteiger charge is 2.16. The summed E-state index contributed by atoms with van der Waals surface area (Å²) in [6.07, 6.45) is 1.22. The van der Waals surface area contributed by atoms with Crippen LogP contribution in [-0.2, 0) is 9.59 Å². The van der Waals surface area contributed by atoms with Crippen molar-refractivity contribution in [2.45, 2.75) is 26.3 Å². The number of hydrogen-bond donors (Lipinski definition) is 2. The van der Waals surface area contributed by atoms with Crippen LogP contribution in [-0.4, -0.2) is 23.0 Å². The molecule has 0 aliphatic rings. The highest BCUT2D eigenvalue weighted by Crippen LogP contribution is 2.07. The van der Waals surface area contributed by atoms with Crippen LogP contribution in [0.15, 0.2) is 12.7 Å². The van der Waals surface area contributed by atoms with E-state index in [1.807, 2.05) is 0 Å². The van der Waals surface area contributed by atoms with Gasteiger partial charge in [0, 0.05) is 12.5 Å². The molecule has 0 aromatic rings. The van der Waals surface area contributed by atoms with Crippen LogP contribution in [0.4, 0.5) is 0 Å². The Bertz CT molecular complexity index is 213. The number of hydrogen-bond acceptors (Lipinski definition) is 2. The minimum absolute atomic E-state index is 0.0542. The summed E-state index contributed by atoms with van der Waals surface area (Å²) >= 11 is 0. The fraction of sp³-hybridized carbons (Fsp3) is 0.556. The third kappa shape index (κ3) is 5.00. The molecule has 13 heavy (non-hydrogen) atoms. The average molecular weight is 185 g/mol. The maximum Gasteiger partial charge on any atom is 0.303 e. The number of rotatable bonds is 5. The average Bonchev–Trinajstić information content (AvgIpc) is 2.02. The number of carboxylic acids is 1. The van der Waals surface area contributed by atoms with Crippen molar-refractivity contribution in [3.05, 3.63) is 12.7 Å². The summed E-state index contributed by atoms with van der Waals surface area (Å²) in [4.78, 5) is 21.2. The Labute approximate surface area is 77.6 Å². The van der Waals surface area contributed by atoms with Crippen molar-refractivity contribution >= 4 is 11.9 Å². The Morgan fingerprint density at radius 2 is 2.08 bits per heavy atom. The lowest BCUT2D eigenvalue weighted by Gasteiger charge is -2.18. The second-order valence-electron chi connectivity index (χ2n) is 3.08. The van der Waals surface area contributed by atoms with E-state index in [0.29, 0.717) is 0 Å². The molecule has 1 amide bonds. The maximum absolute atomic E-state index is 10.8. The molecule has 0 saturated heterocycles. The number of aliphatic carboxylic acids is 1. The van der Waals surface area contributed by atoms with E-state index in [9.17, 15) is 9.59 Å². The van der Waals surface area contributed by atoms with E-state index in [1.54, 1.807) is 13.8 Å². The van der Waals surface area contributed by atoms with E-state index in [1.165, 1.54) is 6.08 Å². The first-order valence-corrected chi connectivity index (χ1v) is 4.12. The van der Waals surface area contributed by atoms with E-state index < -0.39 is 5.97 Å². The monoisotopic (exact) mass is 185 g/mol. The fourth-order valence-electron chi connectivity index (χ4n) is 0.878. The second-order valence-corrected chi connectivity index (χ2v) is 3.08. The lowest BCUT2D eigenvalue weighted by Crippen LogP contribution is -2.36. The van der Waals surface area contributed by atoms with Gasteiger partial charge in [-0.3, -0.25) is 9.59 Å². The van der Waals surface area contributed by atoms with Crippen molar-refractivity contribution in [3.8, 4) is 0 Å². The molecular formula is C9H15NO3. The molecule has 0 radical (unpaired) electrons. The van der Waals surface area contributed by atoms with E-state index in [4.69, 9.17) is 5.11 Å². The van der Waals surface area contributed by atoms with Crippen LogP contribution in [0, 0.1) is 5.92 Å². The Morgan fingerprint density at radius 1 is 1.54 bits per heavy atom. The topological polar surface area (TPSA) is 66.4 Å². The zero-order valence-corrected chi connectivity index (χ0v) is 7.91. The van der Waals surface area contributed by atoms with Crippen molar-refractivity contribution in [2.24, 2.45) is 5.92 Å². The molecule has 4 nitrogen and oxygen atoms in total. The quantitative estimate of drug-likeness (QED) is 0.622. The largest absolute Gasteiger partial charge is 0.481 e. The van der Waals surface area contributed by atoms with Crippen LogP contribution in [0.1, 0.15) is 20.3 Å². The summed E-state index contributed by atoms with van der Waals surface area (Å²) in [5.41, 5.74) is 0. The first kappa shape index (κ1) is 11.7. The van der Waals surface area contributed by atoms with Gasteiger partial charge in [0.15, 0.2) is 0 Å². The predicted molar refractivity (Wildman–Crippen MR) is 49.2 cm³/mol. The van der Waals surface area contributed by atoms with Crippen molar-refractivity contribution < 1.29 is 14.7 Å². The number of carbonyl (C=O) groups excluding carboxylic acids is 1. The van der Waals surface area contributed by atoms with Crippen LogP contribution < -0.4 is 5.32 Å². The highest BCUT2D eigenvalue weighted by molar-refractivity contribution is 5.87. The fourth-order valence-corrected chi connectivity index (χ4v) is 0.878. The van der Waals surface area contributed by atoms with E-state index in [2.05, 4.69) is 11.9 Å². The van der Waals surface area contributed by atoms with Gasteiger partial charge in [0.05, 0.1) is 0 Å². The molecule has 2 N–H and O–H groups in total. The van der Waals surface area contributed by atoms with Crippen molar-refractivity contribution in [3.63, 3.8) is 0 Å². The highest BCUT2D eigenvalue weighted by atomic mass is 16.4. The minimum Gasteiger partial charge on any atom is -0.481 e. The van der Waals surface area contributed by atoms with Crippen molar-refractivity contribution in [1.82, 2.24) is 5.32 Å². The van der Waals surface area contributed by atoms with E-state index in [-0.39, 0.29) is 24.3 Å². The third-order valence-electron chi connectivity index (χ3n) is 1.91. The van der Waals surface area contributed by atoms with Gasteiger partial charge in [-0.2, -0.15) is 0 Å². The summed E-state index contributed by atoms with van der Waals surface area (Å²) in [6, 6.07) is -0.151. The molecule has 0 bridgehead atoms. The molecular weight excluding hydrogens is 170 g/mol. The van der Waals surface area contributed by atoms with E-state index >= 15 is 0 Å². The maximum atomic E-state index is 10.8. The zero-order chi connectivity index (χ0) is 10.4. The van der Waals surface area contributed by atoms with Gasteiger partial charge in [-0.1, -0.05) is 13.5 Å². The summed E-state index contributed by atoms with van der Waals surface area (Å²) in [7, 11) is 0. The molecule has 4 heteroatoms. The third-order valence-corrected chi connectivity index (χ3v) is 1.91. The first-order chi connectivity index (χ1) is 5.97. The molecule has 0 saturated carbocycles. The van der Waals surface area contributed by atoms with Crippen LogP contribution in [0.3, 0.4) is 0 Å². The molecule has 0 aromatic heterocycles. The number of carbonyl (C=O) groups is 2. The Hall–Kier alpha value is -1.32. The van der Waals surface area contributed by atoms with Crippen LogP contribution in [0.5, 0.6) is 0 Å². The molecule has 2 unspecified atom stereocenters. The standard InChI is InChI=1S/C9H15NO3/c1-4-8(11)10-7(3)6(2)5-9(12)13/h4,6-7H,1,5H2,2-3H3,(H,10,11)(H,12,13). The Morgan fingerprint density at radius 3 is 2.46 bits per heavy atom. The molecule has 0 fully saturated rings. The summed E-state index contributed by atoms with van der Waals surface area (Å²) in [5.74, 6) is -1.21. The van der Waals surface area contributed by atoms with Gasteiger partial charge < -0.3 is 10.4 Å².